The van der Waals surface area contributed by atoms with Crippen LogP contribution >= 0.6 is 11.6 Å². The van der Waals surface area contributed by atoms with Gasteiger partial charge in [0.1, 0.15) is 0 Å². The lowest BCUT2D eigenvalue weighted by Crippen LogP contribution is -1.94. The van der Waals surface area contributed by atoms with Gasteiger partial charge in [-0.15, -0.1) is 0 Å². The third-order valence-electron chi connectivity index (χ3n) is 7.07. The molecule has 0 aliphatic heterocycles. The van der Waals surface area contributed by atoms with Crippen molar-refractivity contribution in [3.8, 4) is 27.9 Å². The molecule has 6 aromatic carbocycles. The van der Waals surface area contributed by atoms with Gasteiger partial charge < -0.3 is 4.57 Å². The van der Waals surface area contributed by atoms with Gasteiger partial charge in [-0.05, 0) is 63.4 Å². The Balaban J connectivity index is 1.35. The summed E-state index contributed by atoms with van der Waals surface area (Å²) in [6, 6.07) is 47.3. The Morgan fingerprint density at radius 2 is 1.06 bits per heavy atom. The Bertz CT molecular complexity index is 1860. The molecule has 0 amide bonds. The monoisotopic (exact) mass is 479 g/mol. The Labute approximate surface area is 214 Å². The van der Waals surface area contributed by atoms with Gasteiger partial charge >= 0.3 is 0 Å². The molecule has 0 fully saturated rings. The molecule has 36 heavy (non-hydrogen) atoms. The summed E-state index contributed by atoms with van der Waals surface area (Å²) in [5.41, 5.74) is 8.29. The topological polar surface area (TPSA) is 4.93 Å². The molecule has 0 aliphatic carbocycles. The lowest BCUT2D eigenvalue weighted by Gasteiger charge is -2.10. The van der Waals surface area contributed by atoms with Gasteiger partial charge in [0, 0.05) is 21.5 Å². The molecular formula is C34H22ClN. The molecule has 1 heterocycles. The maximum atomic E-state index is 6.47. The van der Waals surface area contributed by atoms with Crippen molar-refractivity contribution in [1.82, 2.24) is 4.57 Å². The predicted molar refractivity (Wildman–Crippen MR) is 154 cm³/mol. The van der Waals surface area contributed by atoms with E-state index in [1.54, 1.807) is 0 Å². The van der Waals surface area contributed by atoms with Crippen LogP contribution in [0.25, 0.3) is 60.5 Å². The number of benzene rings is 6. The highest BCUT2D eigenvalue weighted by molar-refractivity contribution is 6.32. The lowest BCUT2D eigenvalue weighted by molar-refractivity contribution is 1.18. The molecule has 2 heteroatoms. The molecule has 0 unspecified atom stereocenters. The van der Waals surface area contributed by atoms with Gasteiger partial charge in [0.2, 0.25) is 0 Å². The van der Waals surface area contributed by atoms with Crippen LogP contribution in [0.1, 0.15) is 0 Å². The van der Waals surface area contributed by atoms with Crippen molar-refractivity contribution in [2.45, 2.75) is 0 Å². The van der Waals surface area contributed by atoms with Crippen LogP contribution in [-0.4, -0.2) is 4.57 Å². The first-order chi connectivity index (χ1) is 17.8. The summed E-state index contributed by atoms with van der Waals surface area (Å²) in [5, 5.41) is 5.72. The van der Waals surface area contributed by atoms with Crippen LogP contribution in [0, 0.1) is 0 Å². The first kappa shape index (κ1) is 21.0. The van der Waals surface area contributed by atoms with E-state index < -0.39 is 0 Å². The zero-order chi connectivity index (χ0) is 24.1. The molecule has 7 rings (SSSR count). The fourth-order valence-electron chi connectivity index (χ4n) is 5.33. The molecule has 7 aromatic rings. The minimum Gasteiger partial charge on any atom is -0.309 e. The van der Waals surface area contributed by atoms with E-state index in [0.717, 1.165) is 16.2 Å². The van der Waals surface area contributed by atoms with Crippen LogP contribution < -0.4 is 0 Å². The second-order valence-corrected chi connectivity index (χ2v) is 9.60. The van der Waals surface area contributed by atoms with Crippen LogP contribution in [0.3, 0.4) is 0 Å². The molecule has 1 aromatic heterocycles. The highest BCUT2D eigenvalue weighted by atomic mass is 35.5. The minimum absolute atomic E-state index is 0.742. The minimum atomic E-state index is 0.742. The van der Waals surface area contributed by atoms with E-state index in [1.807, 2.05) is 12.1 Å². The normalized spacial score (nSPS) is 11.5. The highest BCUT2D eigenvalue weighted by Gasteiger charge is 2.15. The standard InChI is InChI=1S/C34H22ClN/c35-28-17-20-31-33(22-28)36(32-21-16-27-8-4-5-9-30(27)34(31)32)29-18-14-26(15-19-29)25-12-10-24(11-13-25)23-6-2-1-3-7-23/h1-22H. The summed E-state index contributed by atoms with van der Waals surface area (Å²) >= 11 is 6.47. The summed E-state index contributed by atoms with van der Waals surface area (Å²) in [7, 11) is 0. The van der Waals surface area contributed by atoms with E-state index >= 15 is 0 Å². The number of hydrogen-bond donors (Lipinski definition) is 0. The molecule has 0 saturated heterocycles. The number of rotatable bonds is 3. The van der Waals surface area contributed by atoms with Gasteiger partial charge in [-0.3, -0.25) is 0 Å². The smallest absolute Gasteiger partial charge is 0.0556 e. The fourth-order valence-corrected chi connectivity index (χ4v) is 5.49. The molecule has 0 atom stereocenters. The number of hydrogen-bond acceptors (Lipinski definition) is 0. The van der Waals surface area contributed by atoms with Crippen molar-refractivity contribution in [3.05, 3.63) is 138 Å². The second kappa shape index (κ2) is 8.41. The fraction of sp³-hybridized carbons (Fsp3) is 0. The van der Waals surface area contributed by atoms with Crippen molar-refractivity contribution in [2.75, 3.05) is 0 Å². The first-order valence-corrected chi connectivity index (χ1v) is 12.5. The second-order valence-electron chi connectivity index (χ2n) is 9.17. The van der Waals surface area contributed by atoms with Crippen LogP contribution in [0.2, 0.25) is 5.02 Å². The van der Waals surface area contributed by atoms with E-state index in [4.69, 9.17) is 11.6 Å². The third-order valence-corrected chi connectivity index (χ3v) is 7.30. The number of fused-ring (bicyclic) bond motifs is 5. The zero-order valence-electron chi connectivity index (χ0n) is 19.5. The molecule has 0 bridgehead atoms. The summed E-state index contributed by atoms with van der Waals surface area (Å²) in [6.07, 6.45) is 0. The van der Waals surface area contributed by atoms with Gasteiger partial charge in [-0.2, -0.15) is 0 Å². The van der Waals surface area contributed by atoms with Crippen LogP contribution in [-0.2, 0) is 0 Å². The van der Waals surface area contributed by atoms with E-state index in [1.165, 1.54) is 49.3 Å². The van der Waals surface area contributed by atoms with Crippen molar-refractivity contribution in [3.63, 3.8) is 0 Å². The number of halogens is 1. The van der Waals surface area contributed by atoms with Crippen LogP contribution in [0.5, 0.6) is 0 Å². The summed E-state index contributed by atoms with van der Waals surface area (Å²) in [5.74, 6) is 0. The Hall–Kier alpha value is -4.33. The summed E-state index contributed by atoms with van der Waals surface area (Å²) < 4.78 is 2.32. The molecule has 0 saturated carbocycles. The molecule has 1 nitrogen and oxygen atoms in total. The molecule has 170 valence electrons. The van der Waals surface area contributed by atoms with Crippen molar-refractivity contribution >= 4 is 44.2 Å². The van der Waals surface area contributed by atoms with Gasteiger partial charge in [0.15, 0.2) is 0 Å². The summed E-state index contributed by atoms with van der Waals surface area (Å²) in [6.45, 7) is 0. The Morgan fingerprint density at radius 1 is 0.444 bits per heavy atom. The first-order valence-electron chi connectivity index (χ1n) is 12.1. The van der Waals surface area contributed by atoms with Crippen LogP contribution in [0.15, 0.2) is 133 Å². The summed E-state index contributed by atoms with van der Waals surface area (Å²) in [4.78, 5) is 0. The Morgan fingerprint density at radius 3 is 1.78 bits per heavy atom. The molecule has 0 aliphatic rings. The van der Waals surface area contributed by atoms with E-state index in [9.17, 15) is 0 Å². The zero-order valence-corrected chi connectivity index (χ0v) is 20.3. The van der Waals surface area contributed by atoms with Gasteiger partial charge in [0.25, 0.3) is 0 Å². The molecule has 0 N–H and O–H groups in total. The largest absolute Gasteiger partial charge is 0.309 e. The van der Waals surface area contributed by atoms with Crippen molar-refractivity contribution < 1.29 is 0 Å². The number of aromatic nitrogens is 1. The molecular weight excluding hydrogens is 458 g/mol. The average molecular weight is 480 g/mol. The van der Waals surface area contributed by atoms with E-state index in [-0.39, 0.29) is 0 Å². The third kappa shape index (κ3) is 3.40. The SMILES string of the molecule is Clc1ccc2c3c4ccccc4ccc3n(-c3ccc(-c4ccc(-c5ccccc5)cc4)cc3)c2c1. The number of nitrogens with zero attached hydrogens (tertiary/aromatic N) is 1. The quantitative estimate of drug-likeness (QED) is 0.237. The average Bonchev–Trinajstić information content (AvgIpc) is 3.27. The maximum Gasteiger partial charge on any atom is 0.0556 e. The highest BCUT2D eigenvalue weighted by Crippen LogP contribution is 2.38. The van der Waals surface area contributed by atoms with Crippen molar-refractivity contribution in [2.24, 2.45) is 0 Å². The van der Waals surface area contributed by atoms with Crippen molar-refractivity contribution in [1.29, 1.82) is 0 Å². The molecule has 0 radical (unpaired) electrons. The van der Waals surface area contributed by atoms with Gasteiger partial charge in [-0.1, -0.05) is 115 Å². The molecule has 0 spiro atoms. The van der Waals surface area contributed by atoms with Gasteiger partial charge in [-0.25, -0.2) is 0 Å². The predicted octanol–water partition coefficient (Wildman–Crippen LogP) is 9.92. The maximum absolute atomic E-state index is 6.47. The van der Waals surface area contributed by atoms with E-state index in [2.05, 4.69) is 126 Å². The lowest BCUT2D eigenvalue weighted by atomic mass is 10.0. The van der Waals surface area contributed by atoms with Crippen LogP contribution in [0.4, 0.5) is 0 Å². The Kier molecular flexibility index (Phi) is 4.90. The van der Waals surface area contributed by atoms with Gasteiger partial charge in [0.05, 0.1) is 11.0 Å². The van der Waals surface area contributed by atoms with E-state index in [0.29, 0.717) is 0 Å².